The van der Waals surface area contributed by atoms with Crippen LogP contribution in [0.15, 0.2) is 35.7 Å². The monoisotopic (exact) mass is 371 g/mol. The first-order valence-electron chi connectivity index (χ1n) is 8.76. The lowest BCUT2D eigenvalue weighted by atomic mass is 9.82. The molecule has 3 rings (SSSR count). The zero-order valence-electron chi connectivity index (χ0n) is 16.8. The molecule has 27 heavy (non-hydrogen) atoms. The topological polar surface area (TPSA) is 70.2 Å². The number of carbonyl (C=O) groups is 3. The van der Waals surface area contributed by atoms with Crippen molar-refractivity contribution in [2.24, 2.45) is 0 Å². The fourth-order valence-electron chi connectivity index (χ4n) is 3.69. The van der Waals surface area contributed by atoms with E-state index < -0.39 is 28.7 Å². The summed E-state index contributed by atoms with van der Waals surface area (Å²) in [6, 6.07) is 7.76. The largest absolute Gasteiger partial charge is 0.465 e. The predicted octanol–water partition coefficient (Wildman–Crippen LogP) is 1.93. The average Bonchev–Trinajstić information content (AvgIpc) is 2.94. The first kappa shape index (κ1) is 18.9. The van der Waals surface area contributed by atoms with Crippen LogP contribution < -0.4 is 9.80 Å². The smallest absolute Gasteiger partial charge is 0.345 e. The molecule has 1 aromatic carbocycles. The van der Waals surface area contributed by atoms with E-state index in [1.54, 1.807) is 0 Å². The van der Waals surface area contributed by atoms with Gasteiger partial charge in [0, 0.05) is 25.5 Å². The van der Waals surface area contributed by atoms with Crippen LogP contribution in [0.2, 0.25) is 0 Å². The van der Waals surface area contributed by atoms with Gasteiger partial charge in [0.05, 0.1) is 18.2 Å². The predicted molar refractivity (Wildman–Crippen MR) is 102 cm³/mol. The number of methoxy groups -OCH3 is 1. The highest BCUT2D eigenvalue weighted by Crippen LogP contribution is 2.51. The van der Waals surface area contributed by atoms with E-state index in [9.17, 15) is 14.4 Å². The van der Waals surface area contributed by atoms with Gasteiger partial charge >= 0.3 is 11.9 Å². The number of hydrogen-bond donors (Lipinski definition) is 0. The average molecular weight is 371 g/mol. The summed E-state index contributed by atoms with van der Waals surface area (Å²) >= 11 is 0. The molecule has 144 valence electrons. The SMILES string of the molecule is COC(=O)C1=C2N(C(=O)C1=O)C(C)(C)C(C)(C)N2c1ccc(N(C)C)cc1. The third kappa shape index (κ3) is 2.37. The van der Waals surface area contributed by atoms with E-state index in [4.69, 9.17) is 4.74 Å². The Bertz CT molecular complexity index is 866. The van der Waals surface area contributed by atoms with Crippen LogP contribution in [0.1, 0.15) is 27.7 Å². The molecule has 0 aromatic heterocycles. The van der Waals surface area contributed by atoms with Crippen molar-refractivity contribution in [3.63, 3.8) is 0 Å². The zero-order valence-corrected chi connectivity index (χ0v) is 16.8. The molecule has 7 heteroatoms. The van der Waals surface area contributed by atoms with Crippen molar-refractivity contribution in [1.29, 1.82) is 0 Å². The molecule has 2 heterocycles. The minimum atomic E-state index is -0.824. The molecule has 0 N–H and O–H groups in total. The van der Waals surface area contributed by atoms with Crippen LogP contribution in [0.4, 0.5) is 11.4 Å². The Labute approximate surface area is 159 Å². The van der Waals surface area contributed by atoms with E-state index in [0.717, 1.165) is 11.4 Å². The van der Waals surface area contributed by atoms with E-state index in [1.165, 1.54) is 12.0 Å². The highest BCUT2D eigenvalue weighted by atomic mass is 16.5. The summed E-state index contributed by atoms with van der Waals surface area (Å²) in [5, 5.41) is 0. The number of Topliss-reactive ketones (excluding diaryl/α,β-unsaturated/α-hetero) is 1. The molecule has 2 aliphatic heterocycles. The third-order valence-corrected chi connectivity index (χ3v) is 5.90. The lowest BCUT2D eigenvalue weighted by Gasteiger charge is -2.42. The summed E-state index contributed by atoms with van der Waals surface area (Å²) in [5.41, 5.74) is 0.313. The minimum absolute atomic E-state index is 0.210. The van der Waals surface area contributed by atoms with Crippen molar-refractivity contribution in [3.05, 3.63) is 35.7 Å². The van der Waals surface area contributed by atoms with Crippen LogP contribution in [-0.2, 0) is 19.1 Å². The molecule has 0 radical (unpaired) electrons. The molecule has 0 unspecified atom stereocenters. The minimum Gasteiger partial charge on any atom is -0.465 e. The van der Waals surface area contributed by atoms with E-state index in [2.05, 4.69) is 0 Å². The van der Waals surface area contributed by atoms with Gasteiger partial charge in [-0.25, -0.2) is 4.79 Å². The second kappa shape index (κ2) is 5.84. The number of ether oxygens (including phenoxy) is 1. The maximum Gasteiger partial charge on any atom is 0.345 e. The lowest BCUT2D eigenvalue weighted by Crippen LogP contribution is -2.56. The Balaban J connectivity index is 2.27. The summed E-state index contributed by atoms with van der Waals surface area (Å²) < 4.78 is 4.80. The first-order valence-corrected chi connectivity index (χ1v) is 8.76. The molecular weight excluding hydrogens is 346 g/mol. The quantitative estimate of drug-likeness (QED) is 0.459. The summed E-state index contributed by atoms with van der Waals surface area (Å²) in [6.45, 7) is 7.77. The van der Waals surface area contributed by atoms with E-state index in [-0.39, 0.29) is 5.57 Å². The molecule has 1 amide bonds. The molecule has 1 saturated heterocycles. The summed E-state index contributed by atoms with van der Waals surface area (Å²) in [6.07, 6.45) is 0. The second-order valence-corrected chi connectivity index (χ2v) is 8.02. The normalized spacial score (nSPS) is 20.3. The fourth-order valence-corrected chi connectivity index (χ4v) is 3.69. The van der Waals surface area contributed by atoms with Gasteiger partial charge in [-0.05, 0) is 52.0 Å². The molecule has 0 spiro atoms. The summed E-state index contributed by atoms with van der Waals surface area (Å²) in [7, 11) is 5.11. The van der Waals surface area contributed by atoms with Crippen LogP contribution in [-0.4, -0.2) is 54.8 Å². The number of hydrogen-bond acceptors (Lipinski definition) is 6. The van der Waals surface area contributed by atoms with E-state index >= 15 is 0 Å². The van der Waals surface area contributed by atoms with Crippen LogP contribution in [0.25, 0.3) is 0 Å². The van der Waals surface area contributed by atoms with Gasteiger partial charge in [-0.1, -0.05) is 0 Å². The number of ketones is 1. The lowest BCUT2D eigenvalue weighted by molar-refractivity contribution is -0.144. The molecule has 0 saturated carbocycles. The molecule has 0 bridgehead atoms. The number of nitrogens with zero attached hydrogens (tertiary/aromatic N) is 3. The first-order chi connectivity index (χ1) is 12.5. The van der Waals surface area contributed by atoms with Crippen LogP contribution >= 0.6 is 0 Å². The van der Waals surface area contributed by atoms with Crippen molar-refractivity contribution in [2.75, 3.05) is 31.0 Å². The van der Waals surface area contributed by atoms with Gasteiger partial charge in [0.2, 0.25) is 0 Å². The third-order valence-electron chi connectivity index (χ3n) is 5.90. The summed E-state index contributed by atoms with van der Waals surface area (Å²) in [4.78, 5) is 42.9. The number of carbonyl (C=O) groups excluding carboxylic acids is 3. The number of amides is 1. The molecule has 1 aromatic rings. The van der Waals surface area contributed by atoms with E-state index in [0.29, 0.717) is 5.82 Å². The summed E-state index contributed by atoms with van der Waals surface area (Å²) in [5.74, 6) is -2.02. The van der Waals surface area contributed by atoms with Crippen molar-refractivity contribution in [3.8, 4) is 0 Å². The Morgan fingerprint density at radius 2 is 1.48 bits per heavy atom. The van der Waals surface area contributed by atoms with Gasteiger partial charge in [-0.15, -0.1) is 0 Å². The van der Waals surface area contributed by atoms with Crippen molar-refractivity contribution < 1.29 is 19.1 Å². The maximum atomic E-state index is 12.7. The Hall–Kier alpha value is -2.83. The fraction of sp³-hybridized carbons (Fsp3) is 0.450. The van der Waals surface area contributed by atoms with Crippen molar-refractivity contribution >= 4 is 29.0 Å². The van der Waals surface area contributed by atoms with Gasteiger partial charge in [0.1, 0.15) is 5.82 Å². The van der Waals surface area contributed by atoms with Crippen molar-refractivity contribution in [1.82, 2.24) is 4.90 Å². The zero-order chi connectivity index (χ0) is 20.3. The number of fused-ring (bicyclic) bond motifs is 1. The Morgan fingerprint density at radius 3 is 1.96 bits per heavy atom. The molecule has 0 atom stereocenters. The van der Waals surface area contributed by atoms with Gasteiger partial charge in [-0.2, -0.15) is 0 Å². The number of rotatable bonds is 3. The van der Waals surface area contributed by atoms with Gasteiger partial charge < -0.3 is 14.5 Å². The number of benzene rings is 1. The second-order valence-electron chi connectivity index (χ2n) is 8.02. The van der Waals surface area contributed by atoms with Crippen LogP contribution in [0, 0.1) is 0 Å². The number of esters is 1. The van der Waals surface area contributed by atoms with Gasteiger partial charge in [0.15, 0.2) is 5.57 Å². The van der Waals surface area contributed by atoms with Gasteiger partial charge in [0.25, 0.3) is 5.78 Å². The maximum absolute atomic E-state index is 12.7. The number of anilines is 2. The molecule has 1 fully saturated rings. The van der Waals surface area contributed by atoms with Crippen LogP contribution in [0.5, 0.6) is 0 Å². The Morgan fingerprint density at radius 1 is 0.963 bits per heavy atom. The van der Waals surface area contributed by atoms with E-state index in [1.807, 2.05) is 75.9 Å². The highest BCUT2D eigenvalue weighted by molar-refractivity contribution is 6.51. The molecule has 2 aliphatic rings. The van der Waals surface area contributed by atoms with Crippen molar-refractivity contribution in [2.45, 2.75) is 38.8 Å². The van der Waals surface area contributed by atoms with Gasteiger partial charge in [-0.3, -0.25) is 14.5 Å². The molecular formula is C20H25N3O4. The standard InChI is InChI=1S/C20H25N3O4/c1-19(2)20(3,4)23-16(14(18(26)27-7)15(24)17(23)25)22(19)13-10-8-12(9-11-13)21(5)6/h8-11H,1-7H3. The molecule has 0 aliphatic carbocycles. The Kier molecular flexibility index (Phi) is 4.10. The highest BCUT2D eigenvalue weighted by Gasteiger charge is 2.63. The van der Waals surface area contributed by atoms with Crippen LogP contribution in [0.3, 0.4) is 0 Å². The molecule has 7 nitrogen and oxygen atoms in total.